The molecule has 1 rings (SSSR count). The molecule has 0 saturated heterocycles. The van der Waals surface area contributed by atoms with E-state index in [2.05, 4.69) is 0 Å². The average Bonchev–Trinajstić information content (AvgIpc) is 2.43. The molecule has 104 valence electrons. The summed E-state index contributed by atoms with van der Waals surface area (Å²) in [5.74, 6) is -0.333. The van der Waals surface area contributed by atoms with Crippen molar-refractivity contribution in [3.05, 3.63) is 24.3 Å². The molecule has 6 nitrogen and oxygen atoms in total. The van der Waals surface area contributed by atoms with E-state index in [1.165, 1.54) is 9.80 Å². The second-order valence-corrected chi connectivity index (χ2v) is 3.95. The summed E-state index contributed by atoms with van der Waals surface area (Å²) >= 11 is 0. The van der Waals surface area contributed by atoms with Crippen molar-refractivity contribution in [1.82, 2.24) is 4.90 Å². The van der Waals surface area contributed by atoms with Gasteiger partial charge in [-0.05, 0) is 31.2 Å². The van der Waals surface area contributed by atoms with E-state index in [1.54, 1.807) is 45.3 Å². The molecule has 0 spiro atoms. The van der Waals surface area contributed by atoms with E-state index in [1.807, 2.05) is 0 Å². The van der Waals surface area contributed by atoms with Gasteiger partial charge in [-0.15, -0.1) is 0 Å². The Hall–Kier alpha value is -2.24. The van der Waals surface area contributed by atoms with Crippen LogP contribution in [0.2, 0.25) is 0 Å². The molecule has 0 aliphatic heterocycles. The van der Waals surface area contributed by atoms with Crippen molar-refractivity contribution in [1.29, 1.82) is 0 Å². The SMILES string of the molecule is CCN(CC(=O)O)C(=O)N(C)c1ccc(OC)cc1. The maximum Gasteiger partial charge on any atom is 0.324 e. The summed E-state index contributed by atoms with van der Waals surface area (Å²) in [6, 6.07) is 6.62. The monoisotopic (exact) mass is 266 g/mol. The molecule has 1 N–H and O–H groups in total. The second-order valence-electron chi connectivity index (χ2n) is 3.95. The zero-order valence-electron chi connectivity index (χ0n) is 11.3. The minimum Gasteiger partial charge on any atom is -0.497 e. The summed E-state index contributed by atoms with van der Waals surface area (Å²) in [7, 11) is 3.17. The third-order valence-electron chi connectivity index (χ3n) is 2.73. The van der Waals surface area contributed by atoms with E-state index >= 15 is 0 Å². The van der Waals surface area contributed by atoms with Gasteiger partial charge in [0, 0.05) is 19.3 Å². The maximum atomic E-state index is 12.1. The van der Waals surface area contributed by atoms with Crippen molar-refractivity contribution in [3.8, 4) is 5.75 Å². The van der Waals surface area contributed by atoms with Crippen LogP contribution in [0.3, 0.4) is 0 Å². The third kappa shape index (κ3) is 3.87. The van der Waals surface area contributed by atoms with E-state index in [0.717, 1.165) is 0 Å². The minimum atomic E-state index is -1.03. The Morgan fingerprint density at radius 1 is 1.26 bits per heavy atom. The van der Waals surface area contributed by atoms with Crippen molar-refractivity contribution in [3.63, 3.8) is 0 Å². The number of benzene rings is 1. The van der Waals surface area contributed by atoms with E-state index in [-0.39, 0.29) is 12.6 Å². The number of nitrogens with zero attached hydrogens (tertiary/aromatic N) is 2. The molecule has 0 aliphatic carbocycles. The number of carboxylic acid groups (broad SMARTS) is 1. The summed E-state index contributed by atoms with van der Waals surface area (Å²) in [6.07, 6.45) is 0. The normalized spacial score (nSPS) is 9.84. The number of urea groups is 1. The van der Waals surface area contributed by atoms with Crippen LogP contribution < -0.4 is 9.64 Å². The fraction of sp³-hybridized carbons (Fsp3) is 0.385. The molecule has 0 fully saturated rings. The molecule has 2 amide bonds. The molecule has 0 unspecified atom stereocenters. The molecule has 19 heavy (non-hydrogen) atoms. The van der Waals surface area contributed by atoms with Gasteiger partial charge in [0.25, 0.3) is 0 Å². The Balaban J connectivity index is 2.81. The van der Waals surface area contributed by atoms with E-state index in [9.17, 15) is 9.59 Å². The highest BCUT2D eigenvalue weighted by Gasteiger charge is 2.19. The smallest absolute Gasteiger partial charge is 0.324 e. The van der Waals surface area contributed by atoms with Gasteiger partial charge in [0.05, 0.1) is 7.11 Å². The lowest BCUT2D eigenvalue weighted by atomic mass is 10.3. The molecule has 0 saturated carbocycles. The number of rotatable bonds is 5. The first-order valence-electron chi connectivity index (χ1n) is 5.88. The van der Waals surface area contributed by atoms with E-state index in [4.69, 9.17) is 9.84 Å². The number of anilines is 1. The molecule has 0 atom stereocenters. The number of carboxylic acids is 1. The summed E-state index contributed by atoms with van der Waals surface area (Å²) in [4.78, 5) is 25.5. The van der Waals surface area contributed by atoms with Crippen molar-refractivity contribution >= 4 is 17.7 Å². The molecule has 0 radical (unpaired) electrons. The van der Waals surface area contributed by atoms with Crippen molar-refractivity contribution in [2.75, 3.05) is 32.1 Å². The zero-order valence-corrected chi connectivity index (χ0v) is 11.3. The fourth-order valence-corrected chi connectivity index (χ4v) is 1.61. The predicted molar refractivity (Wildman–Crippen MR) is 71.7 cm³/mol. The van der Waals surface area contributed by atoms with Gasteiger partial charge in [-0.1, -0.05) is 0 Å². The van der Waals surface area contributed by atoms with Crippen LogP contribution >= 0.6 is 0 Å². The first-order valence-corrected chi connectivity index (χ1v) is 5.88. The highest BCUT2D eigenvalue weighted by atomic mass is 16.5. The minimum absolute atomic E-state index is 0.310. The fourth-order valence-electron chi connectivity index (χ4n) is 1.61. The number of ether oxygens (including phenoxy) is 1. The van der Waals surface area contributed by atoms with Gasteiger partial charge in [-0.3, -0.25) is 9.69 Å². The number of amides is 2. The van der Waals surface area contributed by atoms with Crippen LogP contribution in [-0.4, -0.2) is 49.3 Å². The number of methoxy groups -OCH3 is 1. The summed E-state index contributed by atoms with van der Waals surface area (Å²) < 4.78 is 5.04. The van der Waals surface area contributed by atoms with Crippen molar-refractivity contribution in [2.24, 2.45) is 0 Å². The molecule has 1 aromatic rings. The molecule has 0 aliphatic rings. The number of hydrogen-bond donors (Lipinski definition) is 1. The molecular weight excluding hydrogens is 248 g/mol. The molecular formula is C13H18N2O4. The van der Waals surface area contributed by atoms with E-state index < -0.39 is 5.97 Å². The molecule has 0 aromatic heterocycles. The number of hydrogen-bond acceptors (Lipinski definition) is 3. The standard InChI is InChI=1S/C13H18N2O4/c1-4-15(9-12(16)17)13(18)14(2)10-5-7-11(19-3)8-6-10/h5-8H,4,9H2,1-3H3,(H,16,17). The number of carbonyl (C=O) groups excluding carboxylic acids is 1. The van der Waals surface area contributed by atoms with Crippen LogP contribution in [0.15, 0.2) is 24.3 Å². The lowest BCUT2D eigenvalue weighted by molar-refractivity contribution is -0.137. The summed E-state index contributed by atoms with van der Waals surface area (Å²) in [5.41, 5.74) is 0.676. The van der Waals surface area contributed by atoms with Crippen LogP contribution in [-0.2, 0) is 4.79 Å². The van der Waals surface area contributed by atoms with Crippen LogP contribution in [0.5, 0.6) is 5.75 Å². The molecule has 1 aromatic carbocycles. The predicted octanol–water partition coefficient (Wildman–Crippen LogP) is 1.66. The highest BCUT2D eigenvalue weighted by molar-refractivity contribution is 5.93. The van der Waals surface area contributed by atoms with Crippen molar-refractivity contribution < 1.29 is 19.4 Å². The lowest BCUT2D eigenvalue weighted by Gasteiger charge is -2.26. The number of carbonyl (C=O) groups is 2. The average molecular weight is 266 g/mol. The molecule has 0 bridgehead atoms. The number of aliphatic carboxylic acids is 1. The largest absolute Gasteiger partial charge is 0.497 e. The van der Waals surface area contributed by atoms with Gasteiger partial charge >= 0.3 is 12.0 Å². The van der Waals surface area contributed by atoms with Crippen LogP contribution in [0.4, 0.5) is 10.5 Å². The third-order valence-corrected chi connectivity index (χ3v) is 2.73. The molecule has 0 heterocycles. The Bertz CT molecular complexity index is 444. The highest BCUT2D eigenvalue weighted by Crippen LogP contribution is 2.19. The maximum absolute atomic E-state index is 12.1. The second kappa shape index (κ2) is 6.63. The van der Waals surface area contributed by atoms with Gasteiger partial charge in [0.1, 0.15) is 12.3 Å². The Labute approximate surface area is 112 Å². The van der Waals surface area contributed by atoms with Gasteiger partial charge < -0.3 is 14.7 Å². The van der Waals surface area contributed by atoms with Crippen molar-refractivity contribution in [2.45, 2.75) is 6.92 Å². The Morgan fingerprint density at radius 2 is 1.84 bits per heavy atom. The summed E-state index contributed by atoms with van der Waals surface area (Å²) in [6.45, 7) is 1.77. The van der Waals surface area contributed by atoms with Crippen LogP contribution in [0.25, 0.3) is 0 Å². The number of likely N-dealkylation sites (N-methyl/N-ethyl adjacent to an activating group) is 1. The van der Waals surface area contributed by atoms with Gasteiger partial charge in [-0.2, -0.15) is 0 Å². The van der Waals surface area contributed by atoms with Crippen LogP contribution in [0.1, 0.15) is 6.92 Å². The zero-order chi connectivity index (χ0) is 14.4. The van der Waals surface area contributed by atoms with Gasteiger partial charge in [-0.25, -0.2) is 4.79 Å². The van der Waals surface area contributed by atoms with Gasteiger partial charge in [0.2, 0.25) is 0 Å². The first-order chi connectivity index (χ1) is 8.99. The van der Waals surface area contributed by atoms with Gasteiger partial charge in [0.15, 0.2) is 0 Å². The Morgan fingerprint density at radius 3 is 2.26 bits per heavy atom. The Kier molecular flexibility index (Phi) is 5.17. The lowest BCUT2D eigenvalue weighted by Crippen LogP contribution is -2.43. The van der Waals surface area contributed by atoms with E-state index in [0.29, 0.717) is 18.0 Å². The first kappa shape index (κ1) is 14.8. The molecule has 6 heteroatoms. The quantitative estimate of drug-likeness (QED) is 0.879. The summed E-state index contributed by atoms with van der Waals surface area (Å²) in [5, 5.41) is 8.76. The van der Waals surface area contributed by atoms with Crippen LogP contribution in [0, 0.1) is 0 Å². The topological polar surface area (TPSA) is 70.1 Å².